The van der Waals surface area contributed by atoms with Crippen molar-refractivity contribution in [3.63, 3.8) is 0 Å². The fourth-order valence-electron chi connectivity index (χ4n) is 1.97. The van der Waals surface area contributed by atoms with Gasteiger partial charge in [-0.2, -0.15) is 0 Å². The first-order chi connectivity index (χ1) is 8.65. The van der Waals surface area contributed by atoms with E-state index in [1.165, 1.54) is 18.2 Å². The Morgan fingerprint density at radius 1 is 1.50 bits per heavy atom. The zero-order valence-electron chi connectivity index (χ0n) is 10.1. The normalized spacial score (nSPS) is 14.6. The standard InChI is InChI=1S/C13H17FN2O2/c14-10-3-1-4-11(17)12(10)13(18)16(8-2-7-15)9-5-6-9/h1,3-4,9,17H,2,5-8,15H2. The number of halogens is 1. The summed E-state index contributed by atoms with van der Waals surface area (Å²) in [6, 6.07) is 4.05. The molecule has 1 aromatic carbocycles. The van der Waals surface area contributed by atoms with Gasteiger partial charge in [-0.3, -0.25) is 4.79 Å². The molecule has 1 saturated carbocycles. The summed E-state index contributed by atoms with van der Waals surface area (Å²) in [6.07, 6.45) is 2.55. The molecule has 1 aliphatic rings. The zero-order chi connectivity index (χ0) is 13.1. The van der Waals surface area contributed by atoms with E-state index in [9.17, 15) is 14.3 Å². The molecule has 0 aromatic heterocycles. The van der Waals surface area contributed by atoms with E-state index < -0.39 is 11.7 Å². The average molecular weight is 252 g/mol. The molecule has 1 amide bonds. The summed E-state index contributed by atoms with van der Waals surface area (Å²) in [7, 11) is 0. The number of aromatic hydroxyl groups is 1. The maximum atomic E-state index is 13.6. The van der Waals surface area contributed by atoms with Crippen molar-refractivity contribution < 1.29 is 14.3 Å². The van der Waals surface area contributed by atoms with Crippen molar-refractivity contribution in [1.29, 1.82) is 0 Å². The van der Waals surface area contributed by atoms with Crippen LogP contribution >= 0.6 is 0 Å². The second-order valence-corrected chi connectivity index (χ2v) is 4.51. The van der Waals surface area contributed by atoms with Crippen LogP contribution in [0.4, 0.5) is 4.39 Å². The molecule has 1 aromatic rings. The van der Waals surface area contributed by atoms with Gasteiger partial charge in [-0.05, 0) is 37.9 Å². The van der Waals surface area contributed by atoms with Gasteiger partial charge in [0, 0.05) is 12.6 Å². The van der Waals surface area contributed by atoms with Gasteiger partial charge in [-0.25, -0.2) is 4.39 Å². The number of nitrogens with two attached hydrogens (primary N) is 1. The van der Waals surface area contributed by atoms with Gasteiger partial charge in [0.25, 0.3) is 5.91 Å². The molecule has 0 saturated heterocycles. The van der Waals surface area contributed by atoms with Crippen molar-refractivity contribution in [3.05, 3.63) is 29.6 Å². The third kappa shape index (κ3) is 2.61. The third-order valence-electron chi connectivity index (χ3n) is 3.06. The first-order valence-corrected chi connectivity index (χ1v) is 6.13. The minimum atomic E-state index is -0.682. The van der Waals surface area contributed by atoms with E-state index in [4.69, 9.17) is 5.73 Å². The molecule has 5 heteroatoms. The van der Waals surface area contributed by atoms with Crippen molar-refractivity contribution >= 4 is 5.91 Å². The molecule has 4 nitrogen and oxygen atoms in total. The van der Waals surface area contributed by atoms with Crippen LogP contribution in [0.2, 0.25) is 0 Å². The SMILES string of the molecule is NCCCN(C(=O)c1c(O)cccc1F)C1CC1. The Balaban J connectivity index is 2.22. The fourth-order valence-corrected chi connectivity index (χ4v) is 1.97. The molecule has 0 unspecified atom stereocenters. The first kappa shape index (κ1) is 12.8. The molecule has 0 radical (unpaired) electrons. The van der Waals surface area contributed by atoms with E-state index in [2.05, 4.69) is 0 Å². The minimum absolute atomic E-state index is 0.169. The number of phenols is 1. The van der Waals surface area contributed by atoms with Crippen molar-refractivity contribution in [2.75, 3.05) is 13.1 Å². The second kappa shape index (κ2) is 5.35. The van der Waals surface area contributed by atoms with E-state index in [-0.39, 0.29) is 17.4 Å². The van der Waals surface area contributed by atoms with Crippen LogP contribution in [0.5, 0.6) is 5.75 Å². The lowest BCUT2D eigenvalue weighted by atomic mass is 10.1. The van der Waals surface area contributed by atoms with Gasteiger partial charge < -0.3 is 15.7 Å². The van der Waals surface area contributed by atoms with Gasteiger partial charge in [0.05, 0.1) is 0 Å². The van der Waals surface area contributed by atoms with E-state index >= 15 is 0 Å². The Morgan fingerprint density at radius 3 is 2.78 bits per heavy atom. The van der Waals surface area contributed by atoms with E-state index in [1.807, 2.05) is 0 Å². The molecule has 3 N–H and O–H groups in total. The first-order valence-electron chi connectivity index (χ1n) is 6.13. The van der Waals surface area contributed by atoms with Gasteiger partial charge in [-0.1, -0.05) is 6.07 Å². The van der Waals surface area contributed by atoms with Crippen molar-refractivity contribution in [3.8, 4) is 5.75 Å². The molecule has 0 atom stereocenters. The summed E-state index contributed by atoms with van der Waals surface area (Å²) in [5.74, 6) is -1.43. The van der Waals surface area contributed by atoms with E-state index in [1.54, 1.807) is 4.90 Å². The Hall–Kier alpha value is -1.62. The van der Waals surface area contributed by atoms with Gasteiger partial charge in [0.15, 0.2) is 0 Å². The quantitative estimate of drug-likeness (QED) is 0.834. The number of carbonyl (C=O) groups is 1. The molecule has 18 heavy (non-hydrogen) atoms. The topological polar surface area (TPSA) is 66.6 Å². The molecule has 0 heterocycles. The number of nitrogens with zero attached hydrogens (tertiary/aromatic N) is 1. The van der Waals surface area contributed by atoms with Crippen LogP contribution in [-0.2, 0) is 0 Å². The Labute approximate surface area is 105 Å². The molecular formula is C13H17FN2O2. The maximum Gasteiger partial charge on any atom is 0.260 e. The predicted molar refractivity (Wildman–Crippen MR) is 65.8 cm³/mol. The summed E-state index contributed by atoms with van der Waals surface area (Å²) in [5, 5.41) is 9.63. The predicted octanol–water partition coefficient (Wildman–Crippen LogP) is 1.48. The van der Waals surface area contributed by atoms with E-state index in [0.717, 1.165) is 12.8 Å². The lowest BCUT2D eigenvalue weighted by molar-refractivity contribution is 0.0734. The second-order valence-electron chi connectivity index (χ2n) is 4.51. The lowest BCUT2D eigenvalue weighted by Gasteiger charge is -2.22. The largest absolute Gasteiger partial charge is 0.507 e. The maximum absolute atomic E-state index is 13.6. The number of amides is 1. The molecule has 0 spiro atoms. The summed E-state index contributed by atoms with van der Waals surface area (Å²) >= 11 is 0. The van der Waals surface area contributed by atoms with Crippen molar-refractivity contribution in [1.82, 2.24) is 4.90 Å². The van der Waals surface area contributed by atoms with Crippen LogP contribution in [0.1, 0.15) is 29.6 Å². The molecular weight excluding hydrogens is 235 g/mol. The summed E-state index contributed by atoms with van der Waals surface area (Å²) in [4.78, 5) is 13.9. The highest BCUT2D eigenvalue weighted by atomic mass is 19.1. The van der Waals surface area contributed by atoms with Crippen LogP contribution in [0.3, 0.4) is 0 Å². The third-order valence-corrected chi connectivity index (χ3v) is 3.06. The monoisotopic (exact) mass is 252 g/mol. The number of rotatable bonds is 5. The van der Waals surface area contributed by atoms with Crippen LogP contribution in [0, 0.1) is 5.82 Å². The van der Waals surface area contributed by atoms with Gasteiger partial charge in [0.2, 0.25) is 0 Å². The van der Waals surface area contributed by atoms with Crippen LogP contribution in [-0.4, -0.2) is 35.0 Å². The lowest BCUT2D eigenvalue weighted by Crippen LogP contribution is -2.35. The highest BCUT2D eigenvalue weighted by Gasteiger charge is 2.34. The molecule has 2 rings (SSSR count). The average Bonchev–Trinajstić information content (AvgIpc) is 3.14. The summed E-state index contributed by atoms with van der Waals surface area (Å²) in [6.45, 7) is 0.994. The number of hydrogen-bond donors (Lipinski definition) is 2. The number of hydrogen-bond acceptors (Lipinski definition) is 3. The van der Waals surface area contributed by atoms with Crippen molar-refractivity contribution in [2.24, 2.45) is 5.73 Å². The fraction of sp³-hybridized carbons (Fsp3) is 0.462. The number of carbonyl (C=O) groups excluding carboxylic acids is 1. The van der Waals surface area contributed by atoms with Gasteiger partial charge in [-0.15, -0.1) is 0 Å². The van der Waals surface area contributed by atoms with Gasteiger partial charge in [0.1, 0.15) is 17.1 Å². The van der Waals surface area contributed by atoms with Gasteiger partial charge >= 0.3 is 0 Å². The smallest absolute Gasteiger partial charge is 0.260 e. The Morgan fingerprint density at radius 2 is 2.22 bits per heavy atom. The van der Waals surface area contributed by atoms with Crippen LogP contribution in [0.15, 0.2) is 18.2 Å². The molecule has 1 fully saturated rings. The van der Waals surface area contributed by atoms with E-state index in [0.29, 0.717) is 19.5 Å². The Bertz CT molecular complexity index is 426. The number of benzene rings is 1. The molecule has 98 valence electrons. The van der Waals surface area contributed by atoms with Crippen LogP contribution < -0.4 is 5.73 Å². The summed E-state index contributed by atoms with van der Waals surface area (Å²) < 4.78 is 13.6. The minimum Gasteiger partial charge on any atom is -0.507 e. The molecule has 0 bridgehead atoms. The van der Waals surface area contributed by atoms with Crippen LogP contribution in [0.25, 0.3) is 0 Å². The number of phenolic OH excluding ortho intramolecular Hbond substituents is 1. The van der Waals surface area contributed by atoms with Crippen molar-refractivity contribution in [2.45, 2.75) is 25.3 Å². The highest BCUT2D eigenvalue weighted by molar-refractivity contribution is 5.97. The Kier molecular flexibility index (Phi) is 3.81. The molecule has 1 aliphatic carbocycles. The highest BCUT2D eigenvalue weighted by Crippen LogP contribution is 2.30. The summed E-state index contributed by atoms with van der Waals surface area (Å²) in [5.41, 5.74) is 5.20. The zero-order valence-corrected chi connectivity index (χ0v) is 10.1. The molecule has 0 aliphatic heterocycles.